The van der Waals surface area contributed by atoms with Crippen molar-refractivity contribution in [2.24, 2.45) is 0 Å². The standard InChI is InChI=1S/C11H14F3NO3S2/c1-19(16)8-2-7-15-9-3-5-10(6-4-9)20(17,18)11(12,13)14/h3-6,15H,2,7-8H2,1H3. The first-order chi connectivity index (χ1) is 9.14. The van der Waals surface area contributed by atoms with E-state index in [1.54, 1.807) is 6.26 Å². The summed E-state index contributed by atoms with van der Waals surface area (Å²) in [6.07, 6.45) is 2.22. The van der Waals surface area contributed by atoms with Crippen molar-refractivity contribution in [3.05, 3.63) is 24.3 Å². The van der Waals surface area contributed by atoms with Crippen molar-refractivity contribution < 1.29 is 25.8 Å². The lowest BCUT2D eigenvalue weighted by Gasteiger charge is -2.09. The number of nitrogens with one attached hydrogen (secondary N) is 1. The maximum absolute atomic E-state index is 12.3. The lowest BCUT2D eigenvalue weighted by molar-refractivity contribution is -0.0436. The van der Waals surface area contributed by atoms with Gasteiger partial charge in [0, 0.05) is 35.0 Å². The maximum Gasteiger partial charge on any atom is 0.501 e. The van der Waals surface area contributed by atoms with Gasteiger partial charge in [-0.3, -0.25) is 4.21 Å². The Morgan fingerprint density at radius 1 is 1.20 bits per heavy atom. The molecule has 0 spiro atoms. The van der Waals surface area contributed by atoms with Crippen LogP contribution in [0.2, 0.25) is 0 Å². The van der Waals surface area contributed by atoms with Gasteiger partial charge in [-0.25, -0.2) is 8.42 Å². The summed E-state index contributed by atoms with van der Waals surface area (Å²) >= 11 is 0. The van der Waals surface area contributed by atoms with E-state index >= 15 is 0 Å². The summed E-state index contributed by atoms with van der Waals surface area (Å²) in [6, 6.07) is 4.34. The molecule has 9 heteroatoms. The van der Waals surface area contributed by atoms with Gasteiger partial charge in [-0.2, -0.15) is 13.2 Å². The number of sulfone groups is 1. The molecular weight excluding hydrogens is 315 g/mol. The van der Waals surface area contributed by atoms with Crippen LogP contribution in [-0.4, -0.2) is 36.7 Å². The molecule has 0 amide bonds. The Kier molecular flexibility index (Phi) is 5.58. The molecule has 0 bridgehead atoms. The van der Waals surface area contributed by atoms with Crippen molar-refractivity contribution >= 4 is 26.3 Å². The third-order valence-electron chi connectivity index (χ3n) is 2.41. The van der Waals surface area contributed by atoms with Gasteiger partial charge in [-0.1, -0.05) is 0 Å². The largest absolute Gasteiger partial charge is 0.501 e. The van der Waals surface area contributed by atoms with E-state index in [4.69, 9.17) is 0 Å². The topological polar surface area (TPSA) is 63.2 Å². The molecule has 1 atom stereocenters. The second kappa shape index (κ2) is 6.57. The molecule has 0 aliphatic heterocycles. The number of alkyl halides is 3. The van der Waals surface area contributed by atoms with Gasteiger partial charge in [0.1, 0.15) is 0 Å². The van der Waals surface area contributed by atoms with Gasteiger partial charge in [-0.05, 0) is 30.7 Å². The zero-order valence-electron chi connectivity index (χ0n) is 10.6. The van der Waals surface area contributed by atoms with E-state index in [2.05, 4.69) is 5.32 Å². The second-order valence-corrected chi connectivity index (χ2v) is 7.53. The van der Waals surface area contributed by atoms with E-state index in [0.717, 1.165) is 12.1 Å². The molecule has 0 aliphatic carbocycles. The van der Waals surface area contributed by atoms with Gasteiger partial charge in [-0.15, -0.1) is 0 Å². The van der Waals surface area contributed by atoms with Crippen LogP contribution in [0.3, 0.4) is 0 Å². The van der Waals surface area contributed by atoms with Gasteiger partial charge in [0.2, 0.25) is 0 Å². The second-order valence-electron chi connectivity index (χ2n) is 4.03. The molecule has 20 heavy (non-hydrogen) atoms. The first kappa shape index (κ1) is 17.0. The van der Waals surface area contributed by atoms with Gasteiger partial charge in [0.15, 0.2) is 0 Å². The molecule has 0 saturated heterocycles. The van der Waals surface area contributed by atoms with Gasteiger partial charge in [0.25, 0.3) is 9.84 Å². The zero-order chi connectivity index (χ0) is 15.4. The monoisotopic (exact) mass is 329 g/mol. The molecular formula is C11H14F3NO3S2. The number of anilines is 1. The summed E-state index contributed by atoms with van der Waals surface area (Å²) in [7, 11) is -6.19. The molecule has 1 aromatic rings. The molecule has 0 saturated carbocycles. The number of hydrogen-bond donors (Lipinski definition) is 1. The highest BCUT2D eigenvalue weighted by Gasteiger charge is 2.46. The van der Waals surface area contributed by atoms with E-state index in [1.807, 2.05) is 0 Å². The Bertz CT molecular complexity index is 568. The predicted octanol–water partition coefficient (Wildman–Crippen LogP) is 2.16. The third-order valence-corrected chi connectivity index (χ3v) is 4.77. The van der Waals surface area contributed by atoms with Crippen LogP contribution in [0.1, 0.15) is 6.42 Å². The molecule has 0 heterocycles. The van der Waals surface area contributed by atoms with Crippen LogP contribution in [0.4, 0.5) is 18.9 Å². The highest BCUT2D eigenvalue weighted by molar-refractivity contribution is 7.92. The van der Waals surface area contributed by atoms with Gasteiger partial charge >= 0.3 is 5.51 Å². The smallest absolute Gasteiger partial charge is 0.385 e. The van der Waals surface area contributed by atoms with E-state index in [-0.39, 0.29) is 0 Å². The summed E-state index contributed by atoms with van der Waals surface area (Å²) in [5, 5.41) is 2.91. The first-order valence-corrected chi connectivity index (χ1v) is 8.81. The summed E-state index contributed by atoms with van der Waals surface area (Å²) in [4.78, 5) is -0.787. The summed E-state index contributed by atoms with van der Waals surface area (Å²) < 4.78 is 70.0. The minimum atomic E-state index is -5.30. The average Bonchev–Trinajstić information content (AvgIpc) is 2.33. The molecule has 0 aromatic heterocycles. The normalized spacial score (nSPS) is 14.0. The van der Waals surface area contributed by atoms with Crippen molar-refractivity contribution in [2.45, 2.75) is 16.8 Å². The van der Waals surface area contributed by atoms with Crippen LogP contribution >= 0.6 is 0 Å². The minimum absolute atomic E-state index is 0.505. The number of halogens is 3. The van der Waals surface area contributed by atoms with Crippen LogP contribution in [-0.2, 0) is 20.6 Å². The van der Waals surface area contributed by atoms with Crippen molar-refractivity contribution in [3.8, 4) is 0 Å². The Morgan fingerprint density at radius 3 is 2.20 bits per heavy atom. The molecule has 1 rings (SSSR count). The van der Waals surface area contributed by atoms with Crippen LogP contribution in [0, 0.1) is 0 Å². The lowest BCUT2D eigenvalue weighted by atomic mass is 10.3. The Balaban J connectivity index is 2.68. The molecule has 1 unspecified atom stereocenters. The molecule has 0 radical (unpaired) electrons. The fourth-order valence-corrected chi connectivity index (χ4v) is 2.71. The first-order valence-electron chi connectivity index (χ1n) is 5.60. The molecule has 4 nitrogen and oxygen atoms in total. The van der Waals surface area contributed by atoms with Gasteiger partial charge < -0.3 is 5.32 Å². The van der Waals surface area contributed by atoms with E-state index in [9.17, 15) is 25.8 Å². The van der Waals surface area contributed by atoms with Crippen LogP contribution in [0.25, 0.3) is 0 Å². The summed E-state index contributed by atoms with van der Waals surface area (Å²) in [5.74, 6) is 0.521. The fourth-order valence-electron chi connectivity index (χ4n) is 1.39. The number of rotatable bonds is 6. The van der Waals surface area contributed by atoms with E-state index in [1.165, 1.54) is 12.1 Å². The van der Waals surface area contributed by atoms with Crippen molar-refractivity contribution in [2.75, 3.05) is 23.9 Å². The zero-order valence-corrected chi connectivity index (χ0v) is 12.2. The van der Waals surface area contributed by atoms with Crippen LogP contribution in [0.5, 0.6) is 0 Å². The minimum Gasteiger partial charge on any atom is -0.385 e. The SMILES string of the molecule is CS(=O)CCCNc1ccc(S(=O)(=O)C(F)(F)F)cc1. The average molecular weight is 329 g/mol. The molecule has 1 aromatic carbocycles. The number of benzene rings is 1. The third kappa shape index (κ3) is 4.48. The fraction of sp³-hybridized carbons (Fsp3) is 0.455. The van der Waals surface area contributed by atoms with Crippen LogP contribution in [0.15, 0.2) is 29.2 Å². The van der Waals surface area contributed by atoms with Gasteiger partial charge in [0.05, 0.1) is 4.90 Å². The highest BCUT2D eigenvalue weighted by Crippen LogP contribution is 2.30. The van der Waals surface area contributed by atoms with Crippen molar-refractivity contribution in [3.63, 3.8) is 0 Å². The molecule has 114 valence electrons. The highest BCUT2D eigenvalue weighted by atomic mass is 32.2. The number of hydrogen-bond acceptors (Lipinski definition) is 4. The Hall–Kier alpha value is -1.09. The quantitative estimate of drug-likeness (QED) is 0.813. The molecule has 1 N–H and O–H groups in total. The molecule has 0 aliphatic rings. The lowest BCUT2D eigenvalue weighted by Crippen LogP contribution is -2.23. The summed E-state index contributed by atoms with van der Waals surface area (Å²) in [5.41, 5.74) is -4.79. The van der Waals surface area contributed by atoms with Crippen molar-refractivity contribution in [1.29, 1.82) is 0 Å². The van der Waals surface area contributed by atoms with Crippen LogP contribution < -0.4 is 5.32 Å². The molecule has 0 fully saturated rings. The van der Waals surface area contributed by atoms with E-state index < -0.39 is 31.0 Å². The summed E-state index contributed by atoms with van der Waals surface area (Å²) in [6.45, 7) is 0.505. The predicted molar refractivity (Wildman–Crippen MR) is 71.7 cm³/mol. The van der Waals surface area contributed by atoms with E-state index in [0.29, 0.717) is 24.4 Å². The Morgan fingerprint density at radius 2 is 1.75 bits per heavy atom. The van der Waals surface area contributed by atoms with Crippen molar-refractivity contribution in [1.82, 2.24) is 0 Å². The Labute approximate surface area is 117 Å². The maximum atomic E-state index is 12.3.